The molecule has 0 aliphatic rings. The number of amides is 1. The number of aromatic nitrogens is 2. The zero-order valence-electron chi connectivity index (χ0n) is 10.3. The molecule has 0 saturated heterocycles. The number of halogens is 1. The fourth-order valence-corrected chi connectivity index (χ4v) is 2.12. The van der Waals surface area contributed by atoms with Gasteiger partial charge in [-0.1, -0.05) is 0 Å². The Balaban J connectivity index is 1.74. The van der Waals surface area contributed by atoms with Crippen molar-refractivity contribution in [2.45, 2.75) is 0 Å². The van der Waals surface area contributed by atoms with Crippen molar-refractivity contribution >= 4 is 27.5 Å². The zero-order chi connectivity index (χ0) is 13.9. The molecule has 6 heteroatoms. The average molecular weight is 332 g/mol. The van der Waals surface area contributed by atoms with Crippen LogP contribution in [0.5, 0.6) is 0 Å². The number of rotatable bonds is 3. The normalized spacial score (nSPS) is 10.4. The first-order valence-electron chi connectivity index (χ1n) is 5.86. The van der Waals surface area contributed by atoms with E-state index in [1.54, 1.807) is 18.5 Å². The highest BCUT2D eigenvalue weighted by Gasteiger charge is 2.08. The number of hydrogen-bond donors (Lipinski definition) is 2. The van der Waals surface area contributed by atoms with Gasteiger partial charge in [-0.2, -0.15) is 0 Å². The summed E-state index contributed by atoms with van der Waals surface area (Å²) in [5.74, 6) is 0.499. The Kier molecular flexibility index (Phi) is 3.39. The Morgan fingerprint density at radius 3 is 2.70 bits per heavy atom. The van der Waals surface area contributed by atoms with E-state index in [4.69, 9.17) is 4.42 Å². The Morgan fingerprint density at radius 2 is 2.10 bits per heavy atom. The molecule has 2 heterocycles. The van der Waals surface area contributed by atoms with Crippen molar-refractivity contribution in [1.29, 1.82) is 0 Å². The maximum atomic E-state index is 11.9. The van der Waals surface area contributed by atoms with Crippen molar-refractivity contribution in [3.05, 3.63) is 59.3 Å². The van der Waals surface area contributed by atoms with Crippen molar-refractivity contribution in [3.63, 3.8) is 0 Å². The van der Waals surface area contributed by atoms with Gasteiger partial charge in [0.1, 0.15) is 5.69 Å². The highest BCUT2D eigenvalue weighted by Crippen LogP contribution is 2.21. The molecule has 0 atom stereocenters. The van der Waals surface area contributed by atoms with Crippen LogP contribution in [0, 0.1) is 0 Å². The van der Waals surface area contributed by atoms with Gasteiger partial charge in [0.25, 0.3) is 5.91 Å². The van der Waals surface area contributed by atoms with Gasteiger partial charge in [-0.3, -0.25) is 4.79 Å². The van der Waals surface area contributed by atoms with Crippen LogP contribution in [0.2, 0.25) is 0 Å². The minimum atomic E-state index is -0.192. The standard InChI is InChI=1S/C14H10BrN3O2/c15-10-5-12(17-6-10)14(19)18-11-3-1-9(2-4-11)13-7-16-8-20-13/h1-8,17H,(H,18,19). The number of oxazole rings is 1. The number of aromatic amines is 1. The second-order valence-electron chi connectivity index (χ2n) is 4.13. The molecule has 0 aliphatic heterocycles. The van der Waals surface area contributed by atoms with E-state index in [0.29, 0.717) is 17.1 Å². The predicted molar refractivity (Wildman–Crippen MR) is 78.4 cm³/mol. The van der Waals surface area contributed by atoms with Crippen LogP contribution in [0.15, 0.2) is 58.0 Å². The molecule has 0 saturated carbocycles. The fourth-order valence-electron chi connectivity index (χ4n) is 1.77. The maximum Gasteiger partial charge on any atom is 0.272 e. The summed E-state index contributed by atoms with van der Waals surface area (Å²) in [5.41, 5.74) is 2.11. The number of hydrogen-bond acceptors (Lipinski definition) is 3. The first-order chi connectivity index (χ1) is 9.72. The van der Waals surface area contributed by atoms with Crippen molar-refractivity contribution < 1.29 is 9.21 Å². The Labute approximate surface area is 123 Å². The molecule has 0 radical (unpaired) electrons. The lowest BCUT2D eigenvalue weighted by Gasteiger charge is -2.04. The zero-order valence-corrected chi connectivity index (χ0v) is 11.8. The summed E-state index contributed by atoms with van der Waals surface area (Å²) in [6.45, 7) is 0. The van der Waals surface area contributed by atoms with Gasteiger partial charge in [-0.15, -0.1) is 0 Å². The molecule has 5 nitrogen and oxygen atoms in total. The second kappa shape index (κ2) is 5.34. The molecule has 1 amide bonds. The van der Waals surface area contributed by atoms with Gasteiger partial charge in [0.2, 0.25) is 0 Å². The van der Waals surface area contributed by atoms with Gasteiger partial charge in [0.05, 0.1) is 6.20 Å². The van der Waals surface area contributed by atoms with Gasteiger partial charge >= 0.3 is 0 Å². The number of carbonyl (C=O) groups is 1. The van der Waals surface area contributed by atoms with Gasteiger partial charge in [0.15, 0.2) is 12.2 Å². The summed E-state index contributed by atoms with van der Waals surface area (Å²) < 4.78 is 6.04. The van der Waals surface area contributed by atoms with Crippen LogP contribution in [0.3, 0.4) is 0 Å². The third kappa shape index (κ3) is 2.65. The summed E-state index contributed by atoms with van der Waals surface area (Å²) in [4.78, 5) is 18.7. The third-order valence-corrected chi connectivity index (χ3v) is 3.21. The van der Waals surface area contributed by atoms with Crippen LogP contribution in [0.25, 0.3) is 11.3 Å². The molecule has 0 unspecified atom stereocenters. The monoisotopic (exact) mass is 331 g/mol. The lowest BCUT2D eigenvalue weighted by molar-refractivity contribution is 0.102. The number of benzene rings is 1. The van der Waals surface area contributed by atoms with Crippen LogP contribution < -0.4 is 5.32 Å². The van der Waals surface area contributed by atoms with Crippen LogP contribution in [-0.4, -0.2) is 15.9 Å². The Hall–Kier alpha value is -2.34. The molecule has 20 heavy (non-hydrogen) atoms. The lowest BCUT2D eigenvalue weighted by atomic mass is 10.1. The average Bonchev–Trinajstić information content (AvgIpc) is 3.10. The minimum absolute atomic E-state index is 0.192. The smallest absolute Gasteiger partial charge is 0.272 e. The van der Waals surface area contributed by atoms with E-state index in [1.165, 1.54) is 6.39 Å². The Morgan fingerprint density at radius 1 is 1.30 bits per heavy atom. The topological polar surface area (TPSA) is 70.9 Å². The molecule has 3 aromatic rings. The van der Waals surface area contributed by atoms with Gasteiger partial charge in [-0.25, -0.2) is 4.98 Å². The molecule has 3 rings (SSSR count). The van der Waals surface area contributed by atoms with Gasteiger partial charge < -0.3 is 14.7 Å². The number of nitrogens with one attached hydrogen (secondary N) is 2. The van der Waals surface area contributed by atoms with E-state index < -0.39 is 0 Å². The number of nitrogens with zero attached hydrogens (tertiary/aromatic N) is 1. The van der Waals surface area contributed by atoms with Crippen molar-refractivity contribution in [2.24, 2.45) is 0 Å². The predicted octanol–water partition coefficient (Wildman–Crippen LogP) is 3.68. The van der Waals surface area contributed by atoms with Gasteiger partial charge in [-0.05, 0) is 46.3 Å². The molecule has 100 valence electrons. The minimum Gasteiger partial charge on any atom is -0.444 e. The fraction of sp³-hybridized carbons (Fsp3) is 0. The molecule has 0 spiro atoms. The SMILES string of the molecule is O=C(Nc1ccc(-c2cnco2)cc1)c1cc(Br)c[nH]1. The van der Waals surface area contributed by atoms with E-state index >= 15 is 0 Å². The van der Waals surface area contributed by atoms with Crippen molar-refractivity contribution in [1.82, 2.24) is 9.97 Å². The van der Waals surface area contributed by atoms with E-state index in [1.807, 2.05) is 24.3 Å². The summed E-state index contributed by atoms with van der Waals surface area (Å²) >= 11 is 3.29. The largest absolute Gasteiger partial charge is 0.444 e. The molecule has 0 bridgehead atoms. The first-order valence-corrected chi connectivity index (χ1v) is 6.66. The van der Waals surface area contributed by atoms with Crippen molar-refractivity contribution in [3.8, 4) is 11.3 Å². The third-order valence-electron chi connectivity index (χ3n) is 2.75. The molecule has 0 aliphatic carbocycles. The van der Waals surface area contributed by atoms with Crippen molar-refractivity contribution in [2.75, 3.05) is 5.32 Å². The van der Waals surface area contributed by atoms with E-state index in [-0.39, 0.29) is 5.91 Å². The number of anilines is 1. The van der Waals surface area contributed by atoms with Crippen LogP contribution in [0.4, 0.5) is 5.69 Å². The number of H-pyrrole nitrogens is 1. The van der Waals surface area contributed by atoms with E-state index in [9.17, 15) is 4.79 Å². The summed E-state index contributed by atoms with van der Waals surface area (Å²) in [7, 11) is 0. The first kappa shape index (κ1) is 12.7. The highest BCUT2D eigenvalue weighted by atomic mass is 79.9. The molecular weight excluding hydrogens is 322 g/mol. The summed E-state index contributed by atoms with van der Waals surface area (Å²) in [6.07, 6.45) is 4.74. The molecule has 2 N–H and O–H groups in total. The lowest BCUT2D eigenvalue weighted by Crippen LogP contribution is -2.11. The molecule has 0 fully saturated rings. The van der Waals surface area contributed by atoms with E-state index in [0.717, 1.165) is 10.0 Å². The molecule has 1 aromatic carbocycles. The molecular formula is C14H10BrN3O2. The second-order valence-corrected chi connectivity index (χ2v) is 5.04. The molecule has 2 aromatic heterocycles. The maximum absolute atomic E-state index is 11.9. The van der Waals surface area contributed by atoms with Gasteiger partial charge in [0, 0.05) is 21.9 Å². The van der Waals surface area contributed by atoms with Crippen LogP contribution in [0.1, 0.15) is 10.5 Å². The number of carbonyl (C=O) groups excluding carboxylic acids is 1. The quantitative estimate of drug-likeness (QED) is 0.768. The summed E-state index contributed by atoms with van der Waals surface area (Å²) in [5, 5.41) is 2.81. The highest BCUT2D eigenvalue weighted by molar-refractivity contribution is 9.10. The Bertz CT molecular complexity index is 717. The van der Waals surface area contributed by atoms with Crippen LogP contribution in [-0.2, 0) is 0 Å². The van der Waals surface area contributed by atoms with E-state index in [2.05, 4.69) is 31.2 Å². The van der Waals surface area contributed by atoms with Crippen LogP contribution >= 0.6 is 15.9 Å². The summed E-state index contributed by atoms with van der Waals surface area (Å²) in [6, 6.07) is 9.07.